The molecule has 34 heavy (non-hydrogen) atoms. The number of carbonyl (C=O) groups is 1. The molecule has 1 aromatic carbocycles. The van der Waals surface area contributed by atoms with Crippen molar-refractivity contribution in [2.45, 2.75) is 103 Å². The van der Waals surface area contributed by atoms with E-state index >= 15 is 0 Å². The van der Waals surface area contributed by atoms with Crippen molar-refractivity contribution in [3.05, 3.63) is 40.6 Å². The summed E-state index contributed by atoms with van der Waals surface area (Å²) in [5, 5.41) is 12.4. The van der Waals surface area contributed by atoms with E-state index in [-0.39, 0.29) is 23.4 Å². The van der Waals surface area contributed by atoms with Crippen LogP contribution < -0.4 is 5.06 Å². The number of nitrogens with zero attached hydrogens (tertiary/aromatic N) is 1. The molecule has 4 nitrogen and oxygen atoms in total. The Morgan fingerprint density at radius 1 is 0.941 bits per heavy atom. The van der Waals surface area contributed by atoms with Crippen molar-refractivity contribution in [2.75, 3.05) is 19.6 Å². The molecule has 1 N–H and O–H groups in total. The van der Waals surface area contributed by atoms with E-state index in [9.17, 15) is 23.2 Å². The summed E-state index contributed by atoms with van der Waals surface area (Å²) in [6.45, 7) is 4.24. The standard InChI is InChI=1S/C27H43F3N2O2/c1-2-3-4-5-6-7-8-9-10-11-12-26(33)31-19-17-24(18-20-31)22-32(34)21-23-13-15-25(16-14-23)27(28,29)30/h13-16,24,32H,2-12,17-22H2,1H3. The Labute approximate surface area is 203 Å². The van der Waals surface area contributed by atoms with Gasteiger partial charge in [-0.1, -0.05) is 76.8 Å². The molecule has 1 aliphatic rings. The third-order valence-electron chi connectivity index (χ3n) is 6.91. The lowest BCUT2D eigenvalue weighted by Gasteiger charge is -2.34. The predicted molar refractivity (Wildman–Crippen MR) is 130 cm³/mol. The highest BCUT2D eigenvalue weighted by atomic mass is 19.4. The van der Waals surface area contributed by atoms with Gasteiger partial charge in [-0.25, -0.2) is 0 Å². The number of hydroxylamine groups is 2. The van der Waals surface area contributed by atoms with Crippen molar-refractivity contribution in [2.24, 2.45) is 5.92 Å². The maximum absolute atomic E-state index is 12.7. The maximum atomic E-state index is 12.7. The Bertz CT molecular complexity index is 686. The van der Waals surface area contributed by atoms with Gasteiger partial charge in [-0.05, 0) is 31.4 Å². The van der Waals surface area contributed by atoms with Crippen LogP contribution in [0.3, 0.4) is 0 Å². The summed E-state index contributed by atoms with van der Waals surface area (Å²) in [4.78, 5) is 14.4. The van der Waals surface area contributed by atoms with E-state index in [1.54, 1.807) is 0 Å². The van der Waals surface area contributed by atoms with Gasteiger partial charge in [0.25, 0.3) is 0 Å². The minimum Gasteiger partial charge on any atom is -0.634 e. The fourth-order valence-corrected chi connectivity index (χ4v) is 4.74. The van der Waals surface area contributed by atoms with E-state index in [4.69, 9.17) is 0 Å². The Hall–Kier alpha value is -1.60. The molecule has 0 bridgehead atoms. The zero-order valence-electron chi connectivity index (χ0n) is 20.8. The first-order chi connectivity index (χ1) is 16.3. The average molecular weight is 485 g/mol. The monoisotopic (exact) mass is 484 g/mol. The van der Waals surface area contributed by atoms with Gasteiger partial charge in [0.2, 0.25) is 5.91 Å². The largest absolute Gasteiger partial charge is 0.634 e. The van der Waals surface area contributed by atoms with Gasteiger partial charge in [-0.15, -0.1) is 0 Å². The molecular formula is C27H43F3N2O2. The van der Waals surface area contributed by atoms with Crippen LogP contribution in [-0.2, 0) is 17.5 Å². The van der Waals surface area contributed by atoms with Crippen LogP contribution in [0.2, 0.25) is 0 Å². The molecule has 0 spiro atoms. The van der Waals surface area contributed by atoms with Crippen LogP contribution in [0, 0.1) is 11.1 Å². The van der Waals surface area contributed by atoms with Gasteiger partial charge >= 0.3 is 6.18 Å². The van der Waals surface area contributed by atoms with Crippen LogP contribution in [0.25, 0.3) is 0 Å². The molecule has 1 saturated heterocycles. The molecule has 0 aliphatic carbocycles. The minimum absolute atomic E-state index is 0.0508. The van der Waals surface area contributed by atoms with Crippen LogP contribution in [0.15, 0.2) is 24.3 Å². The van der Waals surface area contributed by atoms with Gasteiger partial charge < -0.3 is 15.2 Å². The lowest BCUT2D eigenvalue weighted by molar-refractivity contribution is -0.866. The molecule has 0 saturated carbocycles. The first-order valence-electron chi connectivity index (χ1n) is 13.2. The quantitative estimate of drug-likeness (QED) is 0.240. The molecule has 0 radical (unpaired) electrons. The average Bonchev–Trinajstić information content (AvgIpc) is 2.80. The smallest absolute Gasteiger partial charge is 0.416 e. The Morgan fingerprint density at radius 2 is 1.47 bits per heavy atom. The third-order valence-corrected chi connectivity index (χ3v) is 6.91. The summed E-state index contributed by atoms with van der Waals surface area (Å²) >= 11 is 0. The SMILES string of the molecule is CCCCCCCCCCCCC(=O)N1CCC(C[NH+]([O-])Cc2ccc(C(F)(F)F)cc2)CC1. The van der Waals surface area contributed by atoms with Crippen molar-refractivity contribution in [3.8, 4) is 0 Å². The topological polar surface area (TPSA) is 47.8 Å². The molecular weight excluding hydrogens is 441 g/mol. The van der Waals surface area contributed by atoms with Gasteiger partial charge in [0.05, 0.1) is 12.1 Å². The summed E-state index contributed by atoms with van der Waals surface area (Å²) in [5.41, 5.74) is -0.0827. The molecule has 1 fully saturated rings. The lowest BCUT2D eigenvalue weighted by atomic mass is 9.96. The van der Waals surface area contributed by atoms with E-state index in [1.165, 1.54) is 63.5 Å². The Morgan fingerprint density at radius 3 is 2.00 bits per heavy atom. The van der Waals surface area contributed by atoms with Crippen LogP contribution in [0.1, 0.15) is 102 Å². The number of piperidine rings is 1. The molecule has 1 aliphatic heterocycles. The lowest BCUT2D eigenvalue weighted by Crippen LogP contribution is -3.06. The van der Waals surface area contributed by atoms with Crippen molar-refractivity contribution in [1.82, 2.24) is 4.90 Å². The second kappa shape index (κ2) is 15.4. The van der Waals surface area contributed by atoms with Gasteiger partial charge in [0.15, 0.2) is 0 Å². The van der Waals surface area contributed by atoms with Gasteiger partial charge in [0.1, 0.15) is 6.54 Å². The molecule has 7 heteroatoms. The fourth-order valence-electron chi connectivity index (χ4n) is 4.74. The van der Waals surface area contributed by atoms with Crippen molar-refractivity contribution in [1.29, 1.82) is 0 Å². The number of hydrogen-bond donors (Lipinski definition) is 1. The van der Waals surface area contributed by atoms with Gasteiger partial charge in [-0.3, -0.25) is 4.79 Å². The summed E-state index contributed by atoms with van der Waals surface area (Å²) < 4.78 is 38.0. The molecule has 194 valence electrons. The van der Waals surface area contributed by atoms with E-state index in [1.807, 2.05) is 4.90 Å². The highest BCUT2D eigenvalue weighted by molar-refractivity contribution is 5.76. The van der Waals surface area contributed by atoms with E-state index in [2.05, 4.69) is 6.92 Å². The Kier molecular flexibility index (Phi) is 13.0. The zero-order chi connectivity index (χ0) is 24.8. The molecule has 0 aromatic heterocycles. The number of carbonyl (C=O) groups excluding carboxylic acids is 1. The first kappa shape index (κ1) is 28.6. The van der Waals surface area contributed by atoms with Crippen LogP contribution in [0.5, 0.6) is 0 Å². The van der Waals surface area contributed by atoms with Gasteiger partial charge in [0, 0.05) is 31.0 Å². The normalized spacial score (nSPS) is 16.1. The minimum atomic E-state index is -4.36. The number of rotatable bonds is 15. The highest BCUT2D eigenvalue weighted by Crippen LogP contribution is 2.29. The summed E-state index contributed by atoms with van der Waals surface area (Å²) in [6, 6.07) is 4.83. The number of hydrogen-bond acceptors (Lipinski definition) is 2. The third kappa shape index (κ3) is 11.2. The van der Waals surface area contributed by atoms with E-state index < -0.39 is 11.7 Å². The molecule has 1 amide bonds. The van der Waals surface area contributed by atoms with Crippen molar-refractivity contribution >= 4 is 5.91 Å². The number of alkyl halides is 3. The molecule has 1 aromatic rings. The number of likely N-dealkylation sites (tertiary alicyclic amines) is 1. The molecule has 1 atom stereocenters. The van der Waals surface area contributed by atoms with Crippen LogP contribution >= 0.6 is 0 Å². The van der Waals surface area contributed by atoms with Crippen LogP contribution in [-0.4, -0.2) is 30.4 Å². The predicted octanol–water partition coefficient (Wildman–Crippen LogP) is 6.14. The van der Waals surface area contributed by atoms with Crippen molar-refractivity contribution in [3.63, 3.8) is 0 Å². The molecule has 2 rings (SSSR count). The number of unbranched alkanes of at least 4 members (excludes halogenated alkanes) is 9. The fraction of sp³-hybridized carbons (Fsp3) is 0.741. The molecule has 1 unspecified atom stereocenters. The second-order valence-corrected chi connectivity index (χ2v) is 9.87. The Balaban J connectivity index is 1.54. The number of nitrogens with one attached hydrogen (secondary N) is 1. The highest BCUT2D eigenvalue weighted by Gasteiger charge is 2.30. The van der Waals surface area contributed by atoms with Crippen molar-refractivity contribution < 1.29 is 23.0 Å². The first-order valence-corrected chi connectivity index (χ1v) is 13.2. The number of quaternary nitrogens is 1. The maximum Gasteiger partial charge on any atom is 0.416 e. The zero-order valence-corrected chi connectivity index (χ0v) is 20.8. The van der Waals surface area contributed by atoms with E-state index in [0.717, 1.165) is 37.8 Å². The van der Waals surface area contributed by atoms with Crippen LogP contribution in [0.4, 0.5) is 13.2 Å². The number of halogens is 3. The molecule has 1 heterocycles. The van der Waals surface area contributed by atoms with Gasteiger partial charge in [-0.2, -0.15) is 13.2 Å². The number of benzene rings is 1. The summed E-state index contributed by atoms with van der Waals surface area (Å²) in [7, 11) is 0. The second-order valence-electron chi connectivity index (χ2n) is 9.87. The summed E-state index contributed by atoms with van der Waals surface area (Å²) in [6.07, 6.45) is 10.4. The number of amides is 1. The van der Waals surface area contributed by atoms with E-state index in [0.29, 0.717) is 31.6 Å². The summed E-state index contributed by atoms with van der Waals surface area (Å²) in [5.74, 6) is 0.484.